The van der Waals surface area contributed by atoms with Crippen LogP contribution in [-0.2, 0) is 4.79 Å². The van der Waals surface area contributed by atoms with Crippen molar-refractivity contribution < 1.29 is 9.53 Å². The standard InChI is InChI=1S/C16H23BrN2O2/c1-19-10-7-13(8-11-19)6-9-18-16(20)12-21-15-4-2-14(17)3-5-15/h2-5,13H,6-12H2,1H3,(H,18,20). The van der Waals surface area contributed by atoms with E-state index in [-0.39, 0.29) is 12.5 Å². The van der Waals surface area contributed by atoms with E-state index in [0.717, 1.165) is 23.4 Å². The van der Waals surface area contributed by atoms with E-state index in [1.807, 2.05) is 24.3 Å². The lowest BCUT2D eigenvalue weighted by Gasteiger charge is -2.28. The Morgan fingerprint density at radius 1 is 1.33 bits per heavy atom. The lowest BCUT2D eigenvalue weighted by molar-refractivity contribution is -0.123. The first kappa shape index (κ1) is 16.3. The molecule has 1 amide bonds. The molecule has 21 heavy (non-hydrogen) atoms. The van der Waals surface area contributed by atoms with Crippen molar-refractivity contribution in [1.29, 1.82) is 0 Å². The number of carbonyl (C=O) groups excluding carboxylic acids is 1. The minimum atomic E-state index is -0.0501. The lowest BCUT2D eigenvalue weighted by Crippen LogP contribution is -2.34. The second-order valence-corrected chi connectivity index (χ2v) is 6.54. The number of nitrogens with zero attached hydrogens (tertiary/aromatic N) is 1. The Morgan fingerprint density at radius 3 is 2.67 bits per heavy atom. The average molecular weight is 355 g/mol. The van der Waals surface area contributed by atoms with Gasteiger partial charge >= 0.3 is 0 Å². The molecule has 4 nitrogen and oxygen atoms in total. The molecule has 2 rings (SSSR count). The number of nitrogens with one attached hydrogen (secondary N) is 1. The molecule has 1 heterocycles. The van der Waals surface area contributed by atoms with Crippen molar-refractivity contribution >= 4 is 21.8 Å². The maximum absolute atomic E-state index is 11.7. The van der Waals surface area contributed by atoms with Crippen LogP contribution in [-0.4, -0.2) is 44.1 Å². The Morgan fingerprint density at radius 2 is 2.00 bits per heavy atom. The molecular weight excluding hydrogens is 332 g/mol. The summed E-state index contributed by atoms with van der Waals surface area (Å²) >= 11 is 3.36. The van der Waals surface area contributed by atoms with Crippen LogP contribution in [0.1, 0.15) is 19.3 Å². The van der Waals surface area contributed by atoms with Crippen molar-refractivity contribution in [3.8, 4) is 5.75 Å². The number of ether oxygens (including phenoxy) is 1. The van der Waals surface area contributed by atoms with Crippen LogP contribution in [0.15, 0.2) is 28.7 Å². The molecule has 1 N–H and O–H groups in total. The van der Waals surface area contributed by atoms with E-state index in [1.165, 1.54) is 25.9 Å². The zero-order valence-electron chi connectivity index (χ0n) is 12.5. The second-order valence-electron chi connectivity index (χ2n) is 5.63. The van der Waals surface area contributed by atoms with Crippen LogP contribution in [0.25, 0.3) is 0 Å². The van der Waals surface area contributed by atoms with E-state index >= 15 is 0 Å². The number of benzene rings is 1. The number of hydrogen-bond donors (Lipinski definition) is 1. The van der Waals surface area contributed by atoms with E-state index in [1.54, 1.807) is 0 Å². The van der Waals surface area contributed by atoms with Gasteiger partial charge in [0.15, 0.2) is 6.61 Å². The molecule has 0 aromatic heterocycles. The van der Waals surface area contributed by atoms with Crippen LogP contribution in [0.3, 0.4) is 0 Å². The molecule has 1 aliphatic heterocycles. The summed E-state index contributed by atoms with van der Waals surface area (Å²) in [7, 11) is 2.16. The van der Waals surface area contributed by atoms with E-state index in [0.29, 0.717) is 5.75 Å². The molecule has 1 aliphatic rings. The first-order valence-electron chi connectivity index (χ1n) is 7.47. The number of carbonyl (C=O) groups is 1. The summed E-state index contributed by atoms with van der Waals surface area (Å²) < 4.78 is 6.44. The predicted molar refractivity (Wildman–Crippen MR) is 87.5 cm³/mol. The molecule has 0 radical (unpaired) electrons. The summed E-state index contributed by atoms with van der Waals surface area (Å²) in [5.41, 5.74) is 0. The van der Waals surface area contributed by atoms with Gasteiger partial charge < -0.3 is 15.0 Å². The van der Waals surface area contributed by atoms with Crippen molar-refractivity contribution in [1.82, 2.24) is 10.2 Å². The molecule has 1 aromatic carbocycles. The minimum absolute atomic E-state index is 0.0501. The number of halogens is 1. The summed E-state index contributed by atoms with van der Waals surface area (Å²) in [6.45, 7) is 3.17. The van der Waals surface area contributed by atoms with E-state index in [4.69, 9.17) is 4.74 Å². The highest BCUT2D eigenvalue weighted by Gasteiger charge is 2.16. The molecule has 1 saturated heterocycles. The zero-order valence-corrected chi connectivity index (χ0v) is 14.1. The van der Waals surface area contributed by atoms with Gasteiger partial charge in [-0.3, -0.25) is 4.79 Å². The van der Waals surface area contributed by atoms with Crippen molar-refractivity contribution in [3.05, 3.63) is 28.7 Å². The van der Waals surface area contributed by atoms with Crippen molar-refractivity contribution in [2.45, 2.75) is 19.3 Å². The fourth-order valence-corrected chi connectivity index (χ4v) is 2.76. The van der Waals surface area contributed by atoms with Crippen LogP contribution < -0.4 is 10.1 Å². The third-order valence-corrected chi connectivity index (χ3v) is 4.43. The Kier molecular flexibility index (Phi) is 6.51. The third kappa shape index (κ3) is 6.06. The number of rotatable bonds is 6. The van der Waals surface area contributed by atoms with E-state index in [9.17, 15) is 4.79 Å². The number of likely N-dealkylation sites (tertiary alicyclic amines) is 1. The molecule has 0 atom stereocenters. The Labute approximate surface area is 135 Å². The maximum Gasteiger partial charge on any atom is 0.257 e. The topological polar surface area (TPSA) is 41.6 Å². The summed E-state index contributed by atoms with van der Waals surface area (Å²) in [6, 6.07) is 7.48. The fraction of sp³-hybridized carbons (Fsp3) is 0.562. The monoisotopic (exact) mass is 354 g/mol. The maximum atomic E-state index is 11.7. The Balaban J connectivity index is 1.58. The number of amides is 1. The Bertz CT molecular complexity index is 442. The van der Waals surface area contributed by atoms with Gasteiger partial charge in [-0.1, -0.05) is 15.9 Å². The average Bonchev–Trinajstić information content (AvgIpc) is 2.49. The fourth-order valence-electron chi connectivity index (χ4n) is 2.50. The smallest absolute Gasteiger partial charge is 0.257 e. The summed E-state index contributed by atoms with van der Waals surface area (Å²) in [5.74, 6) is 1.41. The molecule has 1 aromatic rings. The van der Waals surface area contributed by atoms with Gasteiger partial charge in [-0.15, -0.1) is 0 Å². The van der Waals surface area contributed by atoms with Crippen molar-refractivity contribution in [3.63, 3.8) is 0 Å². The molecule has 1 fully saturated rings. The van der Waals surface area contributed by atoms with Gasteiger partial charge in [-0.25, -0.2) is 0 Å². The molecule has 0 aliphatic carbocycles. The van der Waals surface area contributed by atoms with Gasteiger partial charge in [0.1, 0.15) is 5.75 Å². The van der Waals surface area contributed by atoms with Crippen LogP contribution in [0, 0.1) is 5.92 Å². The normalized spacial score (nSPS) is 16.7. The predicted octanol–water partition coefficient (Wildman–Crippen LogP) is 2.68. The van der Waals surface area contributed by atoms with Crippen LogP contribution in [0.4, 0.5) is 0 Å². The molecular formula is C16H23BrN2O2. The van der Waals surface area contributed by atoms with Crippen LogP contribution in [0.5, 0.6) is 5.75 Å². The second kappa shape index (κ2) is 8.39. The first-order chi connectivity index (χ1) is 10.1. The molecule has 0 saturated carbocycles. The largest absolute Gasteiger partial charge is 0.484 e. The van der Waals surface area contributed by atoms with Gasteiger partial charge in [0.25, 0.3) is 5.91 Å². The van der Waals surface area contributed by atoms with Gasteiger partial charge in [-0.05, 0) is 69.6 Å². The highest BCUT2D eigenvalue weighted by molar-refractivity contribution is 9.10. The summed E-state index contributed by atoms with van der Waals surface area (Å²) in [5, 5.41) is 2.94. The SMILES string of the molecule is CN1CCC(CCNC(=O)COc2ccc(Br)cc2)CC1. The third-order valence-electron chi connectivity index (χ3n) is 3.90. The van der Waals surface area contributed by atoms with Crippen molar-refractivity contribution in [2.24, 2.45) is 5.92 Å². The molecule has 0 bridgehead atoms. The number of piperidine rings is 1. The summed E-state index contributed by atoms with van der Waals surface area (Å²) in [6.07, 6.45) is 3.54. The van der Waals surface area contributed by atoms with Gasteiger partial charge in [0.2, 0.25) is 0 Å². The summed E-state index contributed by atoms with van der Waals surface area (Å²) in [4.78, 5) is 14.1. The van der Waals surface area contributed by atoms with Crippen LogP contribution >= 0.6 is 15.9 Å². The molecule has 116 valence electrons. The lowest BCUT2D eigenvalue weighted by atomic mass is 9.94. The number of hydrogen-bond acceptors (Lipinski definition) is 3. The molecule has 0 spiro atoms. The first-order valence-corrected chi connectivity index (χ1v) is 8.26. The van der Waals surface area contributed by atoms with Gasteiger partial charge in [0.05, 0.1) is 0 Å². The van der Waals surface area contributed by atoms with Crippen molar-refractivity contribution in [2.75, 3.05) is 33.3 Å². The van der Waals surface area contributed by atoms with Crippen LogP contribution in [0.2, 0.25) is 0 Å². The van der Waals surface area contributed by atoms with Gasteiger partial charge in [0, 0.05) is 11.0 Å². The van der Waals surface area contributed by atoms with E-state index in [2.05, 4.69) is 33.2 Å². The highest BCUT2D eigenvalue weighted by atomic mass is 79.9. The minimum Gasteiger partial charge on any atom is -0.484 e. The Hall–Kier alpha value is -1.07. The molecule has 0 unspecified atom stereocenters. The zero-order chi connectivity index (χ0) is 15.1. The quantitative estimate of drug-likeness (QED) is 0.853. The van der Waals surface area contributed by atoms with Gasteiger partial charge in [-0.2, -0.15) is 0 Å². The highest BCUT2D eigenvalue weighted by Crippen LogP contribution is 2.18. The van der Waals surface area contributed by atoms with E-state index < -0.39 is 0 Å². The molecule has 5 heteroatoms.